The largest absolute Gasteiger partial charge is 0.381 e. The highest BCUT2D eigenvalue weighted by atomic mass is 32.1. The number of ether oxygens (including phenoxy) is 1. The van der Waals surface area contributed by atoms with E-state index in [2.05, 4.69) is 21.6 Å². The second-order valence-corrected chi connectivity index (χ2v) is 5.07. The fourth-order valence-electron chi connectivity index (χ4n) is 1.67. The minimum Gasteiger partial charge on any atom is -0.381 e. The summed E-state index contributed by atoms with van der Waals surface area (Å²) in [6, 6.07) is 2.11. The summed E-state index contributed by atoms with van der Waals surface area (Å²) in [6.07, 6.45) is 0.847. The van der Waals surface area contributed by atoms with E-state index in [1.54, 1.807) is 0 Å². The number of carbonyl (C=O) groups is 1. The van der Waals surface area contributed by atoms with Gasteiger partial charge in [-0.1, -0.05) is 11.3 Å². The van der Waals surface area contributed by atoms with Gasteiger partial charge in [0.25, 0.3) is 0 Å². The lowest BCUT2D eigenvalue weighted by Gasteiger charge is -2.28. The molecular weight excluding hydrogens is 240 g/mol. The number of nitrogens with one attached hydrogen (secondary N) is 1. The van der Waals surface area contributed by atoms with Crippen LogP contribution in [0.25, 0.3) is 0 Å². The SMILES string of the molecule is Cc1nnc(NC(=O)C2(C#N)CCOCC2)s1. The molecule has 1 amide bonds. The van der Waals surface area contributed by atoms with Crippen LogP contribution in [0.2, 0.25) is 0 Å². The van der Waals surface area contributed by atoms with Crippen LogP contribution in [0.3, 0.4) is 0 Å². The molecule has 2 rings (SSSR count). The molecule has 1 N–H and O–H groups in total. The molecule has 1 aliphatic heterocycles. The Hall–Kier alpha value is -1.52. The molecule has 2 heterocycles. The molecule has 0 atom stereocenters. The Balaban J connectivity index is 2.10. The van der Waals surface area contributed by atoms with E-state index < -0.39 is 5.41 Å². The van der Waals surface area contributed by atoms with E-state index in [9.17, 15) is 10.1 Å². The first kappa shape index (κ1) is 12.0. The number of carbonyl (C=O) groups excluding carboxylic acids is 1. The van der Waals surface area contributed by atoms with Gasteiger partial charge in [0, 0.05) is 13.2 Å². The molecule has 6 nitrogen and oxygen atoms in total. The van der Waals surface area contributed by atoms with E-state index in [0.29, 0.717) is 31.2 Å². The van der Waals surface area contributed by atoms with Crippen molar-refractivity contribution in [3.8, 4) is 6.07 Å². The van der Waals surface area contributed by atoms with E-state index in [0.717, 1.165) is 5.01 Å². The van der Waals surface area contributed by atoms with E-state index in [4.69, 9.17) is 4.74 Å². The van der Waals surface area contributed by atoms with Gasteiger partial charge >= 0.3 is 0 Å². The smallest absolute Gasteiger partial charge is 0.246 e. The van der Waals surface area contributed by atoms with Crippen molar-refractivity contribution in [2.24, 2.45) is 5.41 Å². The Morgan fingerprint density at radius 1 is 1.53 bits per heavy atom. The lowest BCUT2D eigenvalue weighted by molar-refractivity contribution is -0.126. The molecule has 0 unspecified atom stereocenters. The first-order valence-electron chi connectivity index (χ1n) is 5.27. The zero-order valence-corrected chi connectivity index (χ0v) is 10.2. The molecule has 1 aliphatic rings. The van der Waals surface area contributed by atoms with Crippen molar-refractivity contribution >= 4 is 22.4 Å². The highest BCUT2D eigenvalue weighted by molar-refractivity contribution is 7.15. The zero-order valence-electron chi connectivity index (χ0n) is 9.39. The number of anilines is 1. The summed E-state index contributed by atoms with van der Waals surface area (Å²) in [5.74, 6) is -0.306. The van der Waals surface area contributed by atoms with Gasteiger partial charge in [-0.2, -0.15) is 5.26 Å². The molecule has 0 aromatic carbocycles. The molecule has 17 heavy (non-hydrogen) atoms. The van der Waals surface area contributed by atoms with Crippen molar-refractivity contribution in [1.82, 2.24) is 10.2 Å². The molecule has 0 saturated carbocycles. The van der Waals surface area contributed by atoms with Gasteiger partial charge in [-0.05, 0) is 19.8 Å². The number of aromatic nitrogens is 2. The molecule has 1 aromatic heterocycles. The highest BCUT2D eigenvalue weighted by Crippen LogP contribution is 2.31. The fourth-order valence-corrected chi connectivity index (χ4v) is 2.26. The summed E-state index contributed by atoms with van der Waals surface area (Å²) in [5, 5.41) is 20.7. The van der Waals surface area contributed by atoms with Gasteiger partial charge in [-0.3, -0.25) is 10.1 Å². The molecule has 0 radical (unpaired) electrons. The van der Waals surface area contributed by atoms with Gasteiger partial charge in [-0.15, -0.1) is 10.2 Å². The van der Waals surface area contributed by atoms with E-state index in [1.807, 2.05) is 6.92 Å². The van der Waals surface area contributed by atoms with Crippen LogP contribution in [0.1, 0.15) is 17.8 Å². The van der Waals surface area contributed by atoms with Crippen LogP contribution in [-0.2, 0) is 9.53 Å². The van der Waals surface area contributed by atoms with Crippen LogP contribution < -0.4 is 5.32 Å². The molecule has 0 bridgehead atoms. The first-order valence-corrected chi connectivity index (χ1v) is 6.08. The summed E-state index contributed by atoms with van der Waals surface area (Å²) in [4.78, 5) is 12.1. The summed E-state index contributed by atoms with van der Waals surface area (Å²) in [7, 11) is 0. The average molecular weight is 252 g/mol. The summed E-state index contributed by atoms with van der Waals surface area (Å²) in [5.41, 5.74) is -0.988. The van der Waals surface area contributed by atoms with Crippen molar-refractivity contribution in [2.45, 2.75) is 19.8 Å². The minimum absolute atomic E-state index is 0.306. The third-order valence-corrected chi connectivity index (χ3v) is 3.50. The Morgan fingerprint density at radius 3 is 2.76 bits per heavy atom. The maximum Gasteiger partial charge on any atom is 0.246 e. The van der Waals surface area contributed by atoms with Crippen molar-refractivity contribution < 1.29 is 9.53 Å². The number of hydrogen-bond acceptors (Lipinski definition) is 6. The second kappa shape index (κ2) is 4.77. The number of hydrogen-bond donors (Lipinski definition) is 1. The Labute approximate surface area is 103 Å². The predicted octanol–water partition coefficient (Wildman–Crippen LogP) is 1.11. The van der Waals surface area contributed by atoms with Crippen molar-refractivity contribution in [3.05, 3.63) is 5.01 Å². The molecular formula is C10H12N4O2S. The third-order valence-electron chi connectivity index (χ3n) is 2.74. The van der Waals surface area contributed by atoms with Gasteiger partial charge in [-0.25, -0.2) is 0 Å². The monoisotopic (exact) mass is 252 g/mol. The maximum absolute atomic E-state index is 12.1. The first-order chi connectivity index (χ1) is 8.16. The van der Waals surface area contributed by atoms with Crippen LogP contribution in [0, 0.1) is 23.7 Å². The second-order valence-electron chi connectivity index (χ2n) is 3.89. The normalized spacial score (nSPS) is 18.4. The highest BCUT2D eigenvalue weighted by Gasteiger charge is 2.40. The van der Waals surface area contributed by atoms with E-state index >= 15 is 0 Å². The van der Waals surface area contributed by atoms with Crippen LogP contribution in [0.15, 0.2) is 0 Å². The third kappa shape index (κ3) is 2.43. The minimum atomic E-state index is -0.988. The summed E-state index contributed by atoms with van der Waals surface area (Å²) in [6.45, 7) is 2.69. The van der Waals surface area contributed by atoms with E-state index in [1.165, 1.54) is 11.3 Å². The number of aryl methyl sites for hydroxylation is 1. The van der Waals surface area contributed by atoms with Crippen LogP contribution in [-0.4, -0.2) is 29.3 Å². The maximum atomic E-state index is 12.1. The number of amides is 1. The lowest BCUT2D eigenvalue weighted by Crippen LogP contribution is -2.39. The topological polar surface area (TPSA) is 87.9 Å². The van der Waals surface area contributed by atoms with Crippen molar-refractivity contribution in [3.63, 3.8) is 0 Å². The Bertz CT molecular complexity index is 459. The van der Waals surface area contributed by atoms with Gasteiger partial charge in [0.1, 0.15) is 10.4 Å². The van der Waals surface area contributed by atoms with Gasteiger partial charge in [0.05, 0.1) is 6.07 Å². The molecule has 0 aliphatic carbocycles. The lowest BCUT2D eigenvalue weighted by atomic mass is 9.81. The molecule has 1 fully saturated rings. The summed E-state index contributed by atoms with van der Waals surface area (Å²) >= 11 is 1.29. The molecule has 0 spiro atoms. The van der Waals surface area contributed by atoms with Gasteiger partial charge in [0.2, 0.25) is 11.0 Å². The Morgan fingerprint density at radius 2 is 2.24 bits per heavy atom. The molecule has 1 aromatic rings. The number of rotatable bonds is 2. The molecule has 90 valence electrons. The Kier molecular flexibility index (Phi) is 3.36. The van der Waals surface area contributed by atoms with Gasteiger partial charge < -0.3 is 4.74 Å². The molecule has 7 heteroatoms. The van der Waals surface area contributed by atoms with Crippen molar-refractivity contribution in [2.75, 3.05) is 18.5 Å². The van der Waals surface area contributed by atoms with Crippen LogP contribution in [0.5, 0.6) is 0 Å². The summed E-state index contributed by atoms with van der Waals surface area (Å²) < 4.78 is 5.17. The average Bonchev–Trinajstić information content (AvgIpc) is 2.75. The van der Waals surface area contributed by atoms with Crippen molar-refractivity contribution in [1.29, 1.82) is 5.26 Å². The van der Waals surface area contributed by atoms with Gasteiger partial charge in [0.15, 0.2) is 0 Å². The fraction of sp³-hybridized carbons (Fsp3) is 0.600. The number of nitriles is 1. The predicted molar refractivity (Wildman–Crippen MR) is 61.4 cm³/mol. The quantitative estimate of drug-likeness (QED) is 0.851. The standard InChI is InChI=1S/C10H12N4O2S/c1-7-13-14-9(17-7)12-8(15)10(6-11)2-4-16-5-3-10/h2-5H2,1H3,(H,12,14,15). The number of nitrogens with zero attached hydrogens (tertiary/aromatic N) is 3. The zero-order chi connectivity index (χ0) is 12.3. The van der Waals surface area contributed by atoms with E-state index in [-0.39, 0.29) is 5.91 Å². The molecule has 1 saturated heterocycles. The van der Waals surface area contributed by atoms with Crippen LogP contribution in [0.4, 0.5) is 5.13 Å². The van der Waals surface area contributed by atoms with Crippen LogP contribution >= 0.6 is 11.3 Å².